The Morgan fingerprint density at radius 3 is 2.67 bits per heavy atom. The van der Waals surface area contributed by atoms with E-state index in [1.807, 2.05) is 6.07 Å². The van der Waals surface area contributed by atoms with Crippen LogP contribution in [-0.4, -0.2) is 20.1 Å². The van der Waals surface area contributed by atoms with Crippen LogP contribution in [0.5, 0.6) is 0 Å². The zero-order chi connectivity index (χ0) is 15.7. The molecule has 1 aromatic rings. The molecule has 0 atom stereocenters. The van der Waals surface area contributed by atoms with Gasteiger partial charge in [0.2, 0.25) is 0 Å². The molecule has 3 heteroatoms. The largest absolute Gasteiger partial charge is 0.374 e. The van der Waals surface area contributed by atoms with Crippen LogP contribution in [0.3, 0.4) is 0 Å². The van der Waals surface area contributed by atoms with E-state index in [2.05, 4.69) is 56.2 Å². The van der Waals surface area contributed by atoms with E-state index in [-0.39, 0.29) is 0 Å². The summed E-state index contributed by atoms with van der Waals surface area (Å²) in [5.41, 5.74) is 3.00. The van der Waals surface area contributed by atoms with Gasteiger partial charge in [0.1, 0.15) is 6.07 Å². The van der Waals surface area contributed by atoms with Gasteiger partial charge in [0, 0.05) is 20.1 Å². The van der Waals surface area contributed by atoms with Crippen molar-refractivity contribution in [3.8, 4) is 6.07 Å². The van der Waals surface area contributed by atoms with Crippen molar-refractivity contribution in [2.45, 2.75) is 46.6 Å². The van der Waals surface area contributed by atoms with E-state index in [9.17, 15) is 5.26 Å². The van der Waals surface area contributed by atoms with Gasteiger partial charge in [0.25, 0.3) is 0 Å². The van der Waals surface area contributed by atoms with E-state index in [4.69, 9.17) is 0 Å². The molecule has 21 heavy (non-hydrogen) atoms. The lowest BCUT2D eigenvalue weighted by molar-refractivity contribution is 0.552. The monoisotopic (exact) mass is 287 g/mol. The maximum Gasteiger partial charge on any atom is 0.101 e. The van der Waals surface area contributed by atoms with Crippen molar-refractivity contribution in [1.82, 2.24) is 5.32 Å². The molecule has 0 bridgehead atoms. The summed E-state index contributed by atoms with van der Waals surface area (Å²) in [6, 6.07) is 8.55. The van der Waals surface area contributed by atoms with Crippen molar-refractivity contribution < 1.29 is 0 Å². The average Bonchev–Trinajstić information content (AvgIpc) is 2.46. The second-order valence-electron chi connectivity index (χ2n) is 6.12. The van der Waals surface area contributed by atoms with Gasteiger partial charge < -0.3 is 10.2 Å². The van der Waals surface area contributed by atoms with Gasteiger partial charge in [0.05, 0.1) is 11.3 Å². The van der Waals surface area contributed by atoms with Gasteiger partial charge >= 0.3 is 0 Å². The van der Waals surface area contributed by atoms with Crippen LogP contribution in [0.2, 0.25) is 0 Å². The fourth-order valence-electron chi connectivity index (χ4n) is 2.34. The summed E-state index contributed by atoms with van der Waals surface area (Å²) >= 11 is 0. The molecule has 0 heterocycles. The molecule has 0 saturated carbocycles. The summed E-state index contributed by atoms with van der Waals surface area (Å²) in [7, 11) is 2.07. The first-order valence-electron chi connectivity index (χ1n) is 8.03. The minimum absolute atomic E-state index is 0.643. The van der Waals surface area contributed by atoms with Gasteiger partial charge in [-0.1, -0.05) is 39.7 Å². The molecule has 0 aliphatic heterocycles. The Morgan fingerprint density at radius 2 is 2.05 bits per heavy atom. The Kier molecular flexibility index (Phi) is 7.85. The van der Waals surface area contributed by atoms with Gasteiger partial charge in [0.15, 0.2) is 0 Å². The highest BCUT2D eigenvalue weighted by molar-refractivity contribution is 5.60. The number of nitrogens with one attached hydrogen (secondary N) is 1. The zero-order valence-corrected chi connectivity index (χ0v) is 13.9. The summed E-state index contributed by atoms with van der Waals surface area (Å²) < 4.78 is 0. The summed E-state index contributed by atoms with van der Waals surface area (Å²) in [5.74, 6) is 0.643. The third-order valence-corrected chi connectivity index (χ3v) is 3.57. The van der Waals surface area contributed by atoms with Gasteiger partial charge in [-0.2, -0.15) is 5.26 Å². The summed E-state index contributed by atoms with van der Waals surface area (Å²) in [6.07, 6.45) is 3.64. The fourth-order valence-corrected chi connectivity index (χ4v) is 2.34. The fraction of sp³-hybridized carbons (Fsp3) is 0.611. The molecule has 116 valence electrons. The topological polar surface area (TPSA) is 39.1 Å². The minimum Gasteiger partial charge on any atom is -0.374 e. The highest BCUT2D eigenvalue weighted by Gasteiger charge is 2.08. The zero-order valence-electron chi connectivity index (χ0n) is 13.9. The van der Waals surface area contributed by atoms with E-state index in [1.165, 1.54) is 24.8 Å². The number of rotatable bonds is 9. The lowest BCUT2D eigenvalue weighted by atomic mass is 10.1. The van der Waals surface area contributed by atoms with Crippen LogP contribution >= 0.6 is 0 Å². The number of hydrogen-bond donors (Lipinski definition) is 1. The first kappa shape index (κ1) is 17.5. The van der Waals surface area contributed by atoms with Crippen LogP contribution in [0.15, 0.2) is 18.2 Å². The van der Waals surface area contributed by atoms with Gasteiger partial charge in [-0.25, -0.2) is 0 Å². The van der Waals surface area contributed by atoms with Crippen molar-refractivity contribution in [3.05, 3.63) is 29.3 Å². The van der Waals surface area contributed by atoms with E-state index in [0.717, 1.165) is 30.9 Å². The number of hydrogen-bond acceptors (Lipinski definition) is 3. The van der Waals surface area contributed by atoms with Crippen molar-refractivity contribution >= 4 is 5.69 Å². The first-order chi connectivity index (χ1) is 10.1. The molecule has 1 rings (SSSR count). The standard InChI is InChI=1S/C18H29N3/c1-5-6-7-10-21(4)18-9-8-16(11-17(18)12-19)14-20-13-15(2)3/h8-9,11,15,20H,5-7,10,13-14H2,1-4H3. The highest BCUT2D eigenvalue weighted by atomic mass is 15.1. The number of benzene rings is 1. The lowest BCUT2D eigenvalue weighted by Crippen LogP contribution is -2.21. The molecule has 0 amide bonds. The minimum atomic E-state index is 0.643. The molecule has 0 radical (unpaired) electrons. The molecule has 0 unspecified atom stereocenters. The predicted molar refractivity (Wildman–Crippen MR) is 90.5 cm³/mol. The Bertz CT molecular complexity index is 460. The average molecular weight is 287 g/mol. The smallest absolute Gasteiger partial charge is 0.101 e. The van der Waals surface area contributed by atoms with Crippen molar-refractivity contribution in [2.75, 3.05) is 25.0 Å². The van der Waals surface area contributed by atoms with E-state index in [0.29, 0.717) is 5.92 Å². The van der Waals surface area contributed by atoms with Crippen LogP contribution in [0.1, 0.15) is 51.2 Å². The second kappa shape index (κ2) is 9.41. The van der Waals surface area contributed by atoms with E-state index < -0.39 is 0 Å². The van der Waals surface area contributed by atoms with Crippen LogP contribution in [0.4, 0.5) is 5.69 Å². The summed E-state index contributed by atoms with van der Waals surface area (Å²) in [6.45, 7) is 9.44. The Labute approximate surface area is 130 Å². The van der Waals surface area contributed by atoms with E-state index in [1.54, 1.807) is 0 Å². The first-order valence-corrected chi connectivity index (χ1v) is 8.03. The Balaban J connectivity index is 2.68. The normalized spacial score (nSPS) is 10.7. The Hall–Kier alpha value is -1.53. The third kappa shape index (κ3) is 6.18. The molecule has 3 nitrogen and oxygen atoms in total. The molecule has 0 spiro atoms. The van der Waals surface area contributed by atoms with Crippen molar-refractivity contribution in [2.24, 2.45) is 5.92 Å². The lowest BCUT2D eigenvalue weighted by Gasteiger charge is -2.21. The maximum absolute atomic E-state index is 9.38. The Morgan fingerprint density at radius 1 is 1.29 bits per heavy atom. The van der Waals surface area contributed by atoms with Crippen LogP contribution in [0.25, 0.3) is 0 Å². The third-order valence-electron chi connectivity index (χ3n) is 3.57. The molecular formula is C18H29N3. The molecule has 0 saturated heterocycles. The van der Waals surface area contributed by atoms with Crippen molar-refractivity contribution in [1.29, 1.82) is 5.26 Å². The van der Waals surface area contributed by atoms with Crippen LogP contribution < -0.4 is 10.2 Å². The maximum atomic E-state index is 9.38. The quantitative estimate of drug-likeness (QED) is 0.699. The molecule has 1 aromatic carbocycles. The predicted octanol–water partition coefficient (Wildman–Crippen LogP) is 3.93. The molecule has 0 fully saturated rings. The molecule has 0 aromatic heterocycles. The number of anilines is 1. The molecule has 0 aliphatic rings. The number of unbranched alkanes of at least 4 members (excludes halogenated alkanes) is 2. The van der Waals surface area contributed by atoms with E-state index >= 15 is 0 Å². The van der Waals surface area contributed by atoms with Gasteiger partial charge in [-0.3, -0.25) is 0 Å². The second-order valence-corrected chi connectivity index (χ2v) is 6.12. The van der Waals surface area contributed by atoms with Crippen molar-refractivity contribution in [3.63, 3.8) is 0 Å². The van der Waals surface area contributed by atoms with Crippen LogP contribution in [-0.2, 0) is 6.54 Å². The van der Waals surface area contributed by atoms with Gasteiger partial charge in [-0.15, -0.1) is 0 Å². The summed E-state index contributed by atoms with van der Waals surface area (Å²) in [5, 5.41) is 12.8. The number of nitriles is 1. The summed E-state index contributed by atoms with van der Waals surface area (Å²) in [4.78, 5) is 2.19. The SMILES string of the molecule is CCCCCN(C)c1ccc(CNCC(C)C)cc1C#N. The van der Waals surface area contributed by atoms with Gasteiger partial charge in [-0.05, 0) is 36.6 Å². The van der Waals surface area contributed by atoms with Crippen LogP contribution in [0, 0.1) is 17.2 Å². The number of nitrogens with zero attached hydrogens (tertiary/aromatic N) is 2. The molecular weight excluding hydrogens is 258 g/mol. The highest BCUT2D eigenvalue weighted by Crippen LogP contribution is 2.21. The molecule has 1 N–H and O–H groups in total. The molecule has 0 aliphatic carbocycles.